The zero-order chi connectivity index (χ0) is 25.8. The molecule has 3 aromatic rings. The summed E-state index contributed by atoms with van der Waals surface area (Å²) in [5, 5.41) is 7.04. The van der Waals surface area contributed by atoms with Gasteiger partial charge in [-0.15, -0.1) is 0 Å². The SMILES string of the molecule is C[C@@H]1CN(Cc2ccc(-c3ccccc3C(=O)N3CCC(Nc4ccc(F)cc4)CC3)nc2)C[C@H](C)N1. The van der Waals surface area contributed by atoms with E-state index in [1.165, 1.54) is 17.7 Å². The number of aromatic nitrogens is 1. The fourth-order valence-corrected chi connectivity index (χ4v) is 5.58. The lowest BCUT2D eigenvalue weighted by Crippen LogP contribution is -2.53. The summed E-state index contributed by atoms with van der Waals surface area (Å²) >= 11 is 0. The van der Waals surface area contributed by atoms with E-state index >= 15 is 0 Å². The summed E-state index contributed by atoms with van der Waals surface area (Å²) in [6.07, 6.45) is 3.64. The average Bonchev–Trinajstić information content (AvgIpc) is 2.90. The van der Waals surface area contributed by atoms with E-state index < -0.39 is 0 Å². The third-order valence-corrected chi connectivity index (χ3v) is 7.29. The summed E-state index contributed by atoms with van der Waals surface area (Å²) in [6.45, 7) is 8.75. The normalized spacial score (nSPS) is 21.1. The van der Waals surface area contributed by atoms with E-state index in [1.807, 2.05) is 41.4 Å². The Morgan fingerprint density at radius 2 is 1.70 bits per heavy atom. The van der Waals surface area contributed by atoms with Crippen LogP contribution in [0.25, 0.3) is 11.3 Å². The highest BCUT2D eigenvalue weighted by molar-refractivity contribution is 6.00. The number of piperidine rings is 1. The zero-order valence-corrected chi connectivity index (χ0v) is 21.7. The molecule has 5 rings (SSSR count). The number of anilines is 1. The third kappa shape index (κ3) is 6.35. The molecular weight excluding hydrogens is 465 g/mol. The van der Waals surface area contributed by atoms with Gasteiger partial charge in [-0.3, -0.25) is 14.7 Å². The van der Waals surface area contributed by atoms with Crippen LogP contribution in [-0.2, 0) is 6.54 Å². The van der Waals surface area contributed by atoms with Crippen LogP contribution < -0.4 is 10.6 Å². The van der Waals surface area contributed by atoms with Crippen molar-refractivity contribution in [1.29, 1.82) is 0 Å². The van der Waals surface area contributed by atoms with Crippen LogP contribution in [0.5, 0.6) is 0 Å². The van der Waals surface area contributed by atoms with Crippen molar-refractivity contribution < 1.29 is 9.18 Å². The van der Waals surface area contributed by atoms with Crippen LogP contribution in [-0.4, -0.2) is 65.0 Å². The minimum atomic E-state index is -0.238. The number of hydrogen-bond donors (Lipinski definition) is 2. The Bertz CT molecular complexity index is 1180. The molecule has 2 saturated heterocycles. The first kappa shape index (κ1) is 25.4. The van der Waals surface area contributed by atoms with E-state index in [1.54, 1.807) is 12.1 Å². The number of hydrogen-bond acceptors (Lipinski definition) is 5. The van der Waals surface area contributed by atoms with Crippen molar-refractivity contribution in [2.24, 2.45) is 0 Å². The summed E-state index contributed by atoms with van der Waals surface area (Å²) in [6, 6.07) is 19.6. The molecule has 6 nitrogen and oxygen atoms in total. The van der Waals surface area contributed by atoms with Crippen molar-refractivity contribution >= 4 is 11.6 Å². The molecule has 2 aliphatic rings. The fourth-order valence-electron chi connectivity index (χ4n) is 5.58. The van der Waals surface area contributed by atoms with Gasteiger partial charge in [0.05, 0.1) is 5.69 Å². The van der Waals surface area contributed by atoms with Gasteiger partial charge in [0.2, 0.25) is 0 Å². The lowest BCUT2D eigenvalue weighted by atomic mass is 9.99. The van der Waals surface area contributed by atoms with Gasteiger partial charge in [-0.2, -0.15) is 0 Å². The number of amides is 1. The average molecular weight is 502 g/mol. The quantitative estimate of drug-likeness (QED) is 0.509. The number of rotatable bonds is 6. The number of likely N-dealkylation sites (tertiary alicyclic amines) is 1. The third-order valence-electron chi connectivity index (χ3n) is 7.29. The molecule has 0 unspecified atom stereocenters. The van der Waals surface area contributed by atoms with Gasteiger partial charge in [-0.05, 0) is 68.7 Å². The number of pyridine rings is 1. The molecule has 1 amide bonds. The first-order valence-electron chi connectivity index (χ1n) is 13.3. The molecule has 0 bridgehead atoms. The molecule has 2 atom stereocenters. The number of benzene rings is 2. The van der Waals surface area contributed by atoms with Crippen molar-refractivity contribution in [3.63, 3.8) is 0 Å². The van der Waals surface area contributed by atoms with Crippen molar-refractivity contribution in [3.8, 4) is 11.3 Å². The molecule has 2 aliphatic heterocycles. The summed E-state index contributed by atoms with van der Waals surface area (Å²) < 4.78 is 13.2. The predicted octanol–water partition coefficient (Wildman–Crippen LogP) is 4.79. The predicted molar refractivity (Wildman–Crippen MR) is 146 cm³/mol. The Morgan fingerprint density at radius 3 is 2.38 bits per heavy atom. The van der Waals surface area contributed by atoms with Crippen LogP contribution in [0.2, 0.25) is 0 Å². The Balaban J connectivity index is 1.22. The molecule has 2 aromatic carbocycles. The van der Waals surface area contributed by atoms with Gasteiger partial charge in [0, 0.05) is 73.9 Å². The molecule has 0 radical (unpaired) electrons. The van der Waals surface area contributed by atoms with Crippen LogP contribution in [0, 0.1) is 5.82 Å². The molecule has 1 aromatic heterocycles. The van der Waals surface area contributed by atoms with E-state index in [-0.39, 0.29) is 17.8 Å². The van der Waals surface area contributed by atoms with Gasteiger partial charge in [0.25, 0.3) is 5.91 Å². The van der Waals surface area contributed by atoms with Gasteiger partial charge in [-0.25, -0.2) is 4.39 Å². The number of carbonyl (C=O) groups is 1. The van der Waals surface area contributed by atoms with Crippen molar-refractivity contribution in [3.05, 3.63) is 83.8 Å². The Morgan fingerprint density at radius 1 is 1.00 bits per heavy atom. The van der Waals surface area contributed by atoms with Crippen LogP contribution in [0.15, 0.2) is 66.9 Å². The molecule has 37 heavy (non-hydrogen) atoms. The topological polar surface area (TPSA) is 60.5 Å². The summed E-state index contributed by atoms with van der Waals surface area (Å²) in [7, 11) is 0. The van der Waals surface area contributed by atoms with Crippen LogP contribution in [0.3, 0.4) is 0 Å². The number of carbonyl (C=O) groups excluding carboxylic acids is 1. The maximum Gasteiger partial charge on any atom is 0.254 e. The second-order valence-corrected chi connectivity index (χ2v) is 10.5. The second kappa shape index (κ2) is 11.4. The van der Waals surface area contributed by atoms with Crippen molar-refractivity contribution in [2.45, 2.75) is 51.4 Å². The molecule has 2 N–H and O–H groups in total. The van der Waals surface area contributed by atoms with Crippen molar-refractivity contribution in [1.82, 2.24) is 20.1 Å². The number of piperazine rings is 1. The molecule has 0 spiro atoms. The molecule has 3 heterocycles. The maximum absolute atomic E-state index is 13.5. The van der Waals surface area contributed by atoms with E-state index in [9.17, 15) is 9.18 Å². The summed E-state index contributed by atoms with van der Waals surface area (Å²) in [4.78, 5) is 22.7. The van der Waals surface area contributed by atoms with E-state index in [2.05, 4.69) is 35.4 Å². The standard InChI is InChI=1S/C30H36FN5O/c1-21-18-35(19-22(2)33-21)20-23-7-12-29(32-17-23)27-5-3-4-6-28(27)30(37)36-15-13-26(14-16-36)34-25-10-8-24(31)9-11-25/h3-12,17,21-22,26,33-34H,13-16,18-20H2,1-2H3/t21-,22+. The highest BCUT2D eigenvalue weighted by atomic mass is 19.1. The first-order valence-corrected chi connectivity index (χ1v) is 13.3. The maximum atomic E-state index is 13.5. The van der Waals surface area contributed by atoms with Gasteiger partial charge in [0.1, 0.15) is 5.82 Å². The van der Waals surface area contributed by atoms with Gasteiger partial charge in [0.15, 0.2) is 0 Å². The van der Waals surface area contributed by atoms with Crippen LogP contribution in [0.1, 0.15) is 42.6 Å². The van der Waals surface area contributed by atoms with Crippen molar-refractivity contribution in [2.75, 3.05) is 31.5 Å². The van der Waals surface area contributed by atoms with E-state index in [0.717, 1.165) is 49.4 Å². The van der Waals surface area contributed by atoms with E-state index in [4.69, 9.17) is 4.98 Å². The molecule has 0 saturated carbocycles. The summed E-state index contributed by atoms with van der Waals surface area (Å²) in [5.74, 6) is -0.192. The number of nitrogens with zero attached hydrogens (tertiary/aromatic N) is 3. The molecular formula is C30H36FN5O. The second-order valence-electron chi connectivity index (χ2n) is 10.5. The van der Waals surface area contributed by atoms with E-state index in [0.29, 0.717) is 30.7 Å². The van der Waals surface area contributed by atoms with Gasteiger partial charge < -0.3 is 15.5 Å². The fraction of sp³-hybridized carbons (Fsp3) is 0.400. The Kier molecular flexibility index (Phi) is 7.82. The molecule has 0 aliphatic carbocycles. The lowest BCUT2D eigenvalue weighted by Gasteiger charge is -2.36. The molecule has 2 fully saturated rings. The molecule has 194 valence electrons. The zero-order valence-electron chi connectivity index (χ0n) is 21.7. The number of halogens is 1. The highest BCUT2D eigenvalue weighted by Gasteiger charge is 2.26. The monoisotopic (exact) mass is 501 g/mol. The minimum absolute atomic E-state index is 0.0468. The van der Waals surface area contributed by atoms with Crippen LogP contribution >= 0.6 is 0 Å². The summed E-state index contributed by atoms with van der Waals surface area (Å²) in [5.41, 5.74) is 4.48. The molecule has 7 heteroatoms. The largest absolute Gasteiger partial charge is 0.382 e. The highest BCUT2D eigenvalue weighted by Crippen LogP contribution is 2.26. The smallest absolute Gasteiger partial charge is 0.254 e. The van der Waals surface area contributed by atoms with Gasteiger partial charge in [-0.1, -0.05) is 24.3 Å². The Hall–Kier alpha value is -3.29. The van der Waals surface area contributed by atoms with Gasteiger partial charge >= 0.3 is 0 Å². The first-order chi connectivity index (χ1) is 17.9. The number of nitrogens with one attached hydrogen (secondary N) is 2. The Labute approximate surface area is 218 Å². The minimum Gasteiger partial charge on any atom is -0.382 e. The van der Waals surface area contributed by atoms with Crippen LogP contribution in [0.4, 0.5) is 10.1 Å². The lowest BCUT2D eigenvalue weighted by molar-refractivity contribution is 0.0719.